The minimum absolute atomic E-state index is 0.223. The molecule has 3 heterocycles. The topological polar surface area (TPSA) is 140 Å². The minimum Gasteiger partial charge on any atom is -0.416 e. The number of imidazole rings is 1. The van der Waals surface area contributed by atoms with E-state index in [0.29, 0.717) is 18.7 Å². The number of benzene rings is 3. The van der Waals surface area contributed by atoms with Gasteiger partial charge in [-0.1, -0.05) is 98.8 Å². The predicted molar refractivity (Wildman–Crippen MR) is 195 cm³/mol. The highest BCUT2D eigenvalue weighted by Gasteiger charge is 2.72. The largest absolute Gasteiger partial charge is 0.514 e. The Labute approximate surface area is 303 Å². The Morgan fingerprint density at radius 1 is 0.962 bits per heavy atom. The van der Waals surface area contributed by atoms with Crippen LogP contribution in [0, 0.1) is 23.7 Å². The Hall–Kier alpha value is -5.06. The zero-order valence-electron chi connectivity index (χ0n) is 29.8. The molecule has 7 rings (SSSR count). The van der Waals surface area contributed by atoms with Crippen LogP contribution >= 0.6 is 0 Å². The lowest BCUT2D eigenvalue weighted by atomic mass is 9.54. The maximum absolute atomic E-state index is 14.7. The highest BCUT2D eigenvalue weighted by molar-refractivity contribution is 5.92. The van der Waals surface area contributed by atoms with Gasteiger partial charge in [-0.05, 0) is 60.6 Å². The Kier molecular flexibility index (Phi) is 9.17. The minimum atomic E-state index is -1.91. The van der Waals surface area contributed by atoms with Crippen LogP contribution in [0.1, 0.15) is 57.1 Å². The van der Waals surface area contributed by atoms with Crippen molar-refractivity contribution in [3.8, 4) is 0 Å². The van der Waals surface area contributed by atoms with E-state index in [1.165, 1.54) is 6.92 Å². The fourth-order valence-corrected chi connectivity index (χ4v) is 8.93. The number of rotatable bonds is 5. The van der Waals surface area contributed by atoms with Gasteiger partial charge < -0.3 is 29.6 Å². The SMILES string of the molecule is C[C@H]1C/C=C/[C@H]2C(n3ccnc3Cc3cccc4ccccc34)[C@@](C)(O)[C@@H](C)[C@H]3[C@H](Cc4ccccc4)NC(=O)[C@]32OC(=O)O/C=C/[C@@](C)(O)C1=O. The second-order valence-corrected chi connectivity index (χ2v) is 15.0. The molecule has 0 radical (unpaired) electrons. The molecule has 0 bridgehead atoms. The van der Waals surface area contributed by atoms with Gasteiger partial charge in [-0.2, -0.15) is 0 Å². The summed E-state index contributed by atoms with van der Waals surface area (Å²) in [5, 5.41) is 29.1. The van der Waals surface area contributed by atoms with Gasteiger partial charge in [0.25, 0.3) is 5.91 Å². The van der Waals surface area contributed by atoms with E-state index in [1.807, 2.05) is 60.0 Å². The van der Waals surface area contributed by atoms with Gasteiger partial charge in [0.15, 0.2) is 5.78 Å². The normalized spacial score (nSPS) is 34.8. The number of allylic oxidation sites excluding steroid dienone is 1. The molecule has 1 saturated heterocycles. The van der Waals surface area contributed by atoms with Crippen molar-refractivity contribution < 1.29 is 34.1 Å². The number of nitrogens with one attached hydrogen (secondary N) is 1. The Morgan fingerprint density at radius 2 is 1.69 bits per heavy atom. The first-order valence-electron chi connectivity index (χ1n) is 17.9. The lowest BCUT2D eigenvalue weighted by Gasteiger charge is -2.56. The molecular formula is C42H45N3O7. The third-order valence-electron chi connectivity index (χ3n) is 11.7. The van der Waals surface area contributed by atoms with Crippen LogP contribution in [0.3, 0.4) is 0 Å². The van der Waals surface area contributed by atoms with E-state index in [-0.39, 0.29) is 6.42 Å². The average Bonchev–Trinajstić information content (AvgIpc) is 3.67. The Bertz CT molecular complexity index is 2040. The molecule has 9 atom stereocenters. The summed E-state index contributed by atoms with van der Waals surface area (Å²) in [6.07, 6.45) is 9.03. The predicted octanol–water partition coefficient (Wildman–Crippen LogP) is 5.86. The van der Waals surface area contributed by atoms with E-state index in [2.05, 4.69) is 29.6 Å². The maximum atomic E-state index is 14.7. The third-order valence-corrected chi connectivity index (χ3v) is 11.7. The van der Waals surface area contributed by atoms with Crippen LogP contribution in [0.5, 0.6) is 0 Å². The van der Waals surface area contributed by atoms with Crippen molar-refractivity contribution in [3.05, 3.63) is 127 Å². The lowest BCUT2D eigenvalue weighted by molar-refractivity contribution is -0.198. The summed E-state index contributed by atoms with van der Waals surface area (Å²) < 4.78 is 13.6. The standard InChI is InChI=1S/C42H45N3O7/c1-26-12-10-19-32-36(45-22-21-43-34(45)25-30-17-11-16-29-15-8-9-18-31(29)30)41(4,50)27(2)35-33(24-28-13-6-5-7-14-28)44-38(47)42(32,35)52-39(48)51-23-20-40(3,49)37(26)46/h5-11,13-23,26-27,32-33,35-36,49-50H,12,24-25H2,1-4H3,(H,44,47)/b19-10+,23-20+/t26-,27-,32-,33-,35-,36?,40+,41-,42+/m0/s1. The highest BCUT2D eigenvalue weighted by Crippen LogP contribution is 2.58. The van der Waals surface area contributed by atoms with Gasteiger partial charge >= 0.3 is 6.16 Å². The monoisotopic (exact) mass is 703 g/mol. The summed E-state index contributed by atoms with van der Waals surface area (Å²) in [7, 11) is 0. The van der Waals surface area contributed by atoms with Crippen molar-refractivity contribution in [3.63, 3.8) is 0 Å². The van der Waals surface area contributed by atoms with E-state index in [0.717, 1.165) is 34.2 Å². The molecule has 3 N–H and O–H groups in total. The molecule has 3 aromatic carbocycles. The maximum Gasteiger partial charge on any atom is 0.514 e. The van der Waals surface area contributed by atoms with E-state index >= 15 is 0 Å². The number of carbonyl (C=O) groups excluding carboxylic acids is 3. The molecule has 1 aromatic heterocycles. The van der Waals surface area contributed by atoms with Crippen LogP contribution in [0.4, 0.5) is 4.79 Å². The molecule has 1 amide bonds. The molecule has 3 aliphatic rings. The van der Waals surface area contributed by atoms with E-state index < -0.39 is 70.4 Å². The van der Waals surface area contributed by atoms with E-state index in [9.17, 15) is 24.6 Å². The number of hydrogen-bond donors (Lipinski definition) is 3. The molecule has 4 aromatic rings. The number of amides is 1. The number of aromatic nitrogens is 2. The van der Waals surface area contributed by atoms with Crippen molar-refractivity contribution in [2.45, 2.75) is 75.8 Å². The Balaban J connectivity index is 1.40. The van der Waals surface area contributed by atoms with Crippen LogP contribution in [0.15, 0.2) is 110 Å². The summed E-state index contributed by atoms with van der Waals surface area (Å²) >= 11 is 0. The van der Waals surface area contributed by atoms with Gasteiger partial charge in [0, 0.05) is 36.7 Å². The van der Waals surface area contributed by atoms with E-state index in [1.54, 1.807) is 38.4 Å². The van der Waals surface area contributed by atoms with Crippen molar-refractivity contribution in [2.24, 2.45) is 23.7 Å². The van der Waals surface area contributed by atoms with Gasteiger partial charge in [0.05, 0.1) is 23.8 Å². The van der Waals surface area contributed by atoms with Gasteiger partial charge in [-0.15, -0.1) is 0 Å². The molecule has 1 aliphatic carbocycles. The molecule has 1 saturated carbocycles. The lowest BCUT2D eigenvalue weighted by Crippen LogP contribution is -2.67. The van der Waals surface area contributed by atoms with Crippen LogP contribution in [-0.4, -0.2) is 60.5 Å². The number of hydrogen-bond acceptors (Lipinski definition) is 8. The number of cyclic esters (lactones) is 1. The molecule has 1 unspecified atom stereocenters. The second-order valence-electron chi connectivity index (χ2n) is 15.0. The zero-order valence-corrected chi connectivity index (χ0v) is 29.8. The quantitative estimate of drug-likeness (QED) is 0.174. The summed E-state index contributed by atoms with van der Waals surface area (Å²) in [6.45, 7) is 6.71. The second kappa shape index (κ2) is 13.5. The fourth-order valence-electron chi connectivity index (χ4n) is 8.93. The van der Waals surface area contributed by atoms with E-state index in [4.69, 9.17) is 14.5 Å². The number of carbonyl (C=O) groups is 3. The molecule has 10 heteroatoms. The third kappa shape index (κ3) is 6.03. The number of ether oxygens (including phenoxy) is 2. The number of nitrogens with zero attached hydrogens (tertiary/aromatic N) is 2. The summed E-state index contributed by atoms with van der Waals surface area (Å²) in [5.41, 5.74) is -3.19. The van der Waals surface area contributed by atoms with Crippen LogP contribution < -0.4 is 5.32 Å². The molecule has 2 fully saturated rings. The smallest absolute Gasteiger partial charge is 0.416 e. The molecule has 270 valence electrons. The first-order chi connectivity index (χ1) is 24.8. The zero-order chi connectivity index (χ0) is 36.8. The summed E-state index contributed by atoms with van der Waals surface area (Å²) in [6, 6.07) is 22.6. The summed E-state index contributed by atoms with van der Waals surface area (Å²) in [5.74, 6) is -3.17. The molecule has 52 heavy (non-hydrogen) atoms. The van der Waals surface area contributed by atoms with Crippen molar-refractivity contribution >= 4 is 28.6 Å². The van der Waals surface area contributed by atoms with Gasteiger partial charge in [-0.25, -0.2) is 9.78 Å². The van der Waals surface area contributed by atoms with Crippen molar-refractivity contribution in [1.82, 2.24) is 14.9 Å². The molecule has 10 nitrogen and oxygen atoms in total. The van der Waals surface area contributed by atoms with Gasteiger partial charge in [-0.3, -0.25) is 9.59 Å². The number of ketones is 1. The number of aliphatic hydroxyl groups is 2. The van der Waals surface area contributed by atoms with Gasteiger partial charge in [0.1, 0.15) is 11.4 Å². The Morgan fingerprint density at radius 3 is 2.48 bits per heavy atom. The fraction of sp³-hybridized carbons (Fsp3) is 0.381. The molecule has 2 aliphatic heterocycles. The van der Waals surface area contributed by atoms with Crippen LogP contribution in [0.25, 0.3) is 10.8 Å². The number of Topliss-reactive ketones (excluding diaryl/α,β-unsaturated/α-hetero) is 1. The van der Waals surface area contributed by atoms with Gasteiger partial charge in [0.2, 0.25) is 5.60 Å². The first kappa shape index (κ1) is 35.3. The number of fused-ring (bicyclic) bond motifs is 1. The van der Waals surface area contributed by atoms with Crippen molar-refractivity contribution in [2.75, 3.05) is 0 Å². The van der Waals surface area contributed by atoms with Crippen LogP contribution in [-0.2, 0) is 31.9 Å². The van der Waals surface area contributed by atoms with Crippen LogP contribution in [0.2, 0.25) is 0 Å². The van der Waals surface area contributed by atoms with Crippen molar-refractivity contribution in [1.29, 1.82) is 0 Å². The average molecular weight is 704 g/mol. The molecular weight excluding hydrogens is 658 g/mol. The first-order valence-corrected chi connectivity index (χ1v) is 17.9. The molecule has 1 spiro atoms. The highest BCUT2D eigenvalue weighted by atomic mass is 16.7. The summed E-state index contributed by atoms with van der Waals surface area (Å²) in [4.78, 5) is 46.4.